The third kappa shape index (κ3) is 3.43. The van der Waals surface area contributed by atoms with Gasteiger partial charge in [0, 0.05) is 23.2 Å². The van der Waals surface area contributed by atoms with Gasteiger partial charge in [-0.15, -0.1) is 0 Å². The highest BCUT2D eigenvalue weighted by molar-refractivity contribution is 6.00. The maximum Gasteiger partial charge on any atom is 0.269 e. The molecule has 122 valence electrons. The molecule has 0 unspecified atom stereocenters. The molecule has 1 aliphatic rings. The van der Waals surface area contributed by atoms with E-state index in [1.165, 1.54) is 0 Å². The summed E-state index contributed by atoms with van der Waals surface area (Å²) < 4.78 is 0. The Labute approximate surface area is 139 Å². The highest BCUT2D eigenvalue weighted by atomic mass is 16.2. The van der Waals surface area contributed by atoms with Crippen LogP contribution in [0.1, 0.15) is 38.3 Å². The average molecular weight is 323 g/mol. The van der Waals surface area contributed by atoms with Crippen LogP contribution in [-0.4, -0.2) is 17.7 Å². The number of fused-ring (bicyclic) bond motifs is 1. The number of nitrogens with one attached hydrogen (secondary N) is 3. The van der Waals surface area contributed by atoms with Gasteiger partial charge in [-0.05, 0) is 49.2 Å². The Morgan fingerprint density at radius 1 is 0.917 bits per heavy atom. The molecule has 24 heavy (non-hydrogen) atoms. The van der Waals surface area contributed by atoms with Gasteiger partial charge in [-0.2, -0.15) is 0 Å². The fraction of sp³-hybridized carbons (Fsp3) is 0.167. The number of carbonyl (C=O) groups is 3. The zero-order valence-electron chi connectivity index (χ0n) is 13.2. The number of amides is 3. The van der Waals surface area contributed by atoms with Gasteiger partial charge in [0.15, 0.2) is 0 Å². The number of anilines is 1. The lowest BCUT2D eigenvalue weighted by molar-refractivity contribution is -0.116. The molecule has 0 atom stereocenters. The fourth-order valence-corrected chi connectivity index (χ4v) is 2.49. The predicted molar refractivity (Wildman–Crippen MR) is 89.5 cm³/mol. The number of aryl methyl sites for hydroxylation is 2. The van der Waals surface area contributed by atoms with Crippen molar-refractivity contribution in [3.63, 3.8) is 0 Å². The van der Waals surface area contributed by atoms with E-state index < -0.39 is 5.91 Å². The van der Waals surface area contributed by atoms with Crippen molar-refractivity contribution in [2.75, 3.05) is 5.32 Å². The molecule has 6 nitrogen and oxygen atoms in total. The van der Waals surface area contributed by atoms with Gasteiger partial charge in [0.1, 0.15) is 0 Å². The largest absolute Gasteiger partial charge is 0.326 e. The maximum atomic E-state index is 12.2. The van der Waals surface area contributed by atoms with Crippen LogP contribution in [0.15, 0.2) is 42.5 Å². The number of benzene rings is 2. The molecule has 0 aromatic heterocycles. The van der Waals surface area contributed by atoms with Gasteiger partial charge >= 0.3 is 0 Å². The summed E-state index contributed by atoms with van der Waals surface area (Å²) in [4.78, 5) is 35.5. The smallest absolute Gasteiger partial charge is 0.269 e. The van der Waals surface area contributed by atoms with Crippen molar-refractivity contribution < 1.29 is 14.4 Å². The Kier molecular flexibility index (Phi) is 4.29. The highest BCUT2D eigenvalue weighted by Crippen LogP contribution is 2.23. The van der Waals surface area contributed by atoms with Crippen LogP contribution in [0.3, 0.4) is 0 Å². The Morgan fingerprint density at radius 2 is 1.54 bits per heavy atom. The van der Waals surface area contributed by atoms with Gasteiger partial charge < -0.3 is 5.32 Å². The van der Waals surface area contributed by atoms with Crippen LogP contribution >= 0.6 is 0 Å². The predicted octanol–water partition coefficient (Wildman–Crippen LogP) is 1.95. The number of hydrogen-bond donors (Lipinski definition) is 3. The number of hydrazine groups is 1. The van der Waals surface area contributed by atoms with Gasteiger partial charge in [0.2, 0.25) is 5.91 Å². The van der Waals surface area contributed by atoms with E-state index >= 15 is 0 Å². The van der Waals surface area contributed by atoms with Crippen LogP contribution in [0.2, 0.25) is 0 Å². The molecule has 3 amide bonds. The second-order valence-corrected chi connectivity index (χ2v) is 5.69. The summed E-state index contributed by atoms with van der Waals surface area (Å²) in [6, 6.07) is 12.1. The van der Waals surface area contributed by atoms with Crippen molar-refractivity contribution in [1.29, 1.82) is 0 Å². The minimum atomic E-state index is -0.407. The first kappa shape index (κ1) is 15.7. The summed E-state index contributed by atoms with van der Waals surface area (Å²) in [5, 5.41) is 2.76. The molecule has 2 aromatic rings. The minimum absolute atomic E-state index is 0.0231. The fourth-order valence-electron chi connectivity index (χ4n) is 2.49. The summed E-state index contributed by atoms with van der Waals surface area (Å²) in [5.74, 6) is -0.811. The van der Waals surface area contributed by atoms with Gasteiger partial charge in [-0.3, -0.25) is 25.2 Å². The van der Waals surface area contributed by atoms with E-state index in [0.29, 0.717) is 24.0 Å². The standard InChI is InChI=1S/C18H17N3O3/c1-11-2-4-12(5-3-11)17(23)20-21-18(24)14-6-8-15-13(10-14)7-9-16(22)19-15/h2-6,8,10H,7,9H2,1H3,(H,19,22)(H,20,23)(H,21,24). The van der Waals surface area contributed by atoms with Crippen LogP contribution in [-0.2, 0) is 11.2 Å². The van der Waals surface area contributed by atoms with Crippen LogP contribution in [0, 0.1) is 6.92 Å². The SMILES string of the molecule is Cc1ccc(C(=O)NNC(=O)c2ccc3c(c2)CCC(=O)N3)cc1. The third-order valence-electron chi connectivity index (χ3n) is 3.87. The summed E-state index contributed by atoms with van der Waals surface area (Å²) in [6.07, 6.45) is 1.00. The molecule has 3 rings (SSSR count). The molecule has 0 fully saturated rings. The number of hydrogen-bond acceptors (Lipinski definition) is 3. The van der Waals surface area contributed by atoms with Crippen LogP contribution < -0.4 is 16.2 Å². The highest BCUT2D eigenvalue weighted by Gasteiger charge is 2.17. The Balaban J connectivity index is 1.64. The molecule has 2 aromatic carbocycles. The van der Waals surface area contributed by atoms with Crippen LogP contribution in [0.25, 0.3) is 0 Å². The van der Waals surface area contributed by atoms with E-state index in [1.54, 1.807) is 30.3 Å². The summed E-state index contributed by atoms with van der Waals surface area (Å²) in [5.41, 5.74) is 8.38. The van der Waals surface area contributed by atoms with Crippen LogP contribution in [0.5, 0.6) is 0 Å². The Morgan fingerprint density at radius 3 is 2.25 bits per heavy atom. The van der Waals surface area contributed by atoms with Crippen molar-refractivity contribution in [2.24, 2.45) is 0 Å². The molecule has 3 N–H and O–H groups in total. The second-order valence-electron chi connectivity index (χ2n) is 5.69. The first-order chi connectivity index (χ1) is 11.5. The molecule has 6 heteroatoms. The topological polar surface area (TPSA) is 87.3 Å². The van der Waals surface area contributed by atoms with Gasteiger partial charge in [-0.25, -0.2) is 0 Å². The minimum Gasteiger partial charge on any atom is -0.326 e. The first-order valence-corrected chi connectivity index (χ1v) is 7.63. The van der Waals surface area contributed by atoms with E-state index in [0.717, 1.165) is 16.8 Å². The van der Waals surface area contributed by atoms with Crippen LogP contribution in [0.4, 0.5) is 5.69 Å². The van der Waals surface area contributed by atoms with Crippen molar-refractivity contribution >= 4 is 23.4 Å². The van der Waals surface area contributed by atoms with E-state index in [-0.39, 0.29) is 11.8 Å². The maximum absolute atomic E-state index is 12.2. The van der Waals surface area contributed by atoms with Gasteiger partial charge in [0.05, 0.1) is 0 Å². The summed E-state index contributed by atoms with van der Waals surface area (Å²) in [7, 11) is 0. The zero-order valence-corrected chi connectivity index (χ0v) is 13.2. The number of carbonyl (C=O) groups excluding carboxylic acids is 3. The molecule has 0 bridgehead atoms. The van der Waals surface area contributed by atoms with Crippen molar-refractivity contribution in [1.82, 2.24) is 10.9 Å². The van der Waals surface area contributed by atoms with E-state index in [9.17, 15) is 14.4 Å². The molecule has 1 aliphatic heterocycles. The van der Waals surface area contributed by atoms with Crippen molar-refractivity contribution in [3.8, 4) is 0 Å². The number of rotatable bonds is 2. The molecule has 1 heterocycles. The first-order valence-electron chi connectivity index (χ1n) is 7.63. The lowest BCUT2D eigenvalue weighted by atomic mass is 10.0. The lowest BCUT2D eigenvalue weighted by Gasteiger charge is -2.17. The van der Waals surface area contributed by atoms with E-state index in [4.69, 9.17) is 0 Å². The molecule has 0 radical (unpaired) electrons. The molecule has 0 aliphatic carbocycles. The third-order valence-corrected chi connectivity index (χ3v) is 3.87. The quantitative estimate of drug-likeness (QED) is 0.738. The molecule has 0 saturated carbocycles. The van der Waals surface area contributed by atoms with Gasteiger partial charge in [-0.1, -0.05) is 17.7 Å². The second kappa shape index (κ2) is 6.54. The Bertz CT molecular complexity index is 813. The normalized spacial score (nSPS) is 12.8. The summed E-state index contributed by atoms with van der Waals surface area (Å²) in [6.45, 7) is 1.93. The summed E-state index contributed by atoms with van der Waals surface area (Å²) >= 11 is 0. The van der Waals surface area contributed by atoms with E-state index in [2.05, 4.69) is 16.2 Å². The molecule has 0 saturated heterocycles. The van der Waals surface area contributed by atoms with E-state index in [1.807, 2.05) is 19.1 Å². The molecular formula is C18H17N3O3. The lowest BCUT2D eigenvalue weighted by Crippen LogP contribution is -2.41. The zero-order chi connectivity index (χ0) is 17.1. The van der Waals surface area contributed by atoms with Crippen molar-refractivity contribution in [2.45, 2.75) is 19.8 Å². The average Bonchev–Trinajstić information content (AvgIpc) is 2.59. The molecular weight excluding hydrogens is 306 g/mol. The monoisotopic (exact) mass is 323 g/mol. The Hall–Kier alpha value is -3.15. The van der Waals surface area contributed by atoms with Crippen molar-refractivity contribution in [3.05, 3.63) is 64.7 Å². The molecule has 0 spiro atoms. The van der Waals surface area contributed by atoms with Gasteiger partial charge in [0.25, 0.3) is 11.8 Å².